The molecule has 0 bridgehead atoms. The van der Waals surface area contributed by atoms with Crippen LogP contribution >= 0.6 is 11.6 Å². The fraction of sp³-hybridized carbons (Fsp3) is 0.182. The summed E-state index contributed by atoms with van der Waals surface area (Å²) in [4.78, 5) is 15.1. The fourth-order valence-electron chi connectivity index (χ4n) is 1.99. The largest absolute Gasteiger partial charge is 0.325 e. The highest BCUT2D eigenvalue weighted by Gasteiger charge is 2.25. The van der Waals surface area contributed by atoms with E-state index in [4.69, 9.17) is 11.6 Å². The van der Waals surface area contributed by atoms with Gasteiger partial charge in [-0.2, -0.15) is 5.10 Å². The van der Waals surface area contributed by atoms with Crippen LogP contribution in [0.4, 0.5) is 5.69 Å². The van der Waals surface area contributed by atoms with E-state index in [1.54, 1.807) is 0 Å². The zero-order valence-corrected chi connectivity index (χ0v) is 12.1. The van der Waals surface area contributed by atoms with Gasteiger partial charge in [-0.15, -0.1) is 0 Å². The van der Waals surface area contributed by atoms with Crippen molar-refractivity contribution in [1.82, 2.24) is 19.9 Å². The quantitative estimate of drug-likeness (QED) is 0.753. The molecule has 110 valence electrons. The number of hydrogen-bond acceptors (Lipinski definition) is 5. The van der Waals surface area contributed by atoms with Gasteiger partial charge in [-0.3, -0.25) is 9.89 Å². The minimum absolute atomic E-state index is 0.0348. The third-order valence-corrected chi connectivity index (χ3v) is 4.83. The van der Waals surface area contributed by atoms with Crippen molar-refractivity contribution in [3.8, 4) is 0 Å². The topological polar surface area (TPSA) is 117 Å². The van der Waals surface area contributed by atoms with Gasteiger partial charge in [-0.1, -0.05) is 11.6 Å². The summed E-state index contributed by atoms with van der Waals surface area (Å²) < 4.78 is 26.9. The van der Waals surface area contributed by atoms with Gasteiger partial charge < -0.3 is 5.32 Å². The maximum absolute atomic E-state index is 12.3. The van der Waals surface area contributed by atoms with Crippen molar-refractivity contribution in [3.05, 3.63) is 34.9 Å². The van der Waals surface area contributed by atoms with E-state index in [1.807, 2.05) is 0 Å². The highest BCUT2D eigenvalue weighted by molar-refractivity contribution is 7.89. The number of rotatable bonds is 4. The van der Waals surface area contributed by atoms with Crippen LogP contribution < -0.4 is 10.0 Å². The molecule has 0 aliphatic carbocycles. The van der Waals surface area contributed by atoms with Gasteiger partial charge in [-0.05, 0) is 17.7 Å². The molecule has 0 radical (unpaired) electrons. The first-order chi connectivity index (χ1) is 9.95. The summed E-state index contributed by atoms with van der Waals surface area (Å²) in [6, 6.07) is 2.84. The average Bonchev–Trinajstić information content (AvgIpc) is 3.03. The Balaban J connectivity index is 1.89. The lowest BCUT2D eigenvalue weighted by atomic mass is 10.2. The summed E-state index contributed by atoms with van der Waals surface area (Å²) in [6.07, 6.45) is 1.42. The molecule has 21 heavy (non-hydrogen) atoms. The number of fused-ring (bicyclic) bond motifs is 1. The second-order valence-corrected chi connectivity index (χ2v) is 6.56. The van der Waals surface area contributed by atoms with E-state index < -0.39 is 10.0 Å². The van der Waals surface area contributed by atoms with Crippen LogP contribution in [0.2, 0.25) is 5.02 Å². The molecule has 2 aromatic rings. The first kappa shape index (κ1) is 14.0. The van der Waals surface area contributed by atoms with E-state index in [0.717, 1.165) is 0 Å². The number of aromatic amines is 1. The number of sulfonamides is 1. The molecule has 0 atom stereocenters. The highest BCUT2D eigenvalue weighted by atomic mass is 35.5. The number of anilines is 1. The number of aromatic nitrogens is 3. The maximum atomic E-state index is 12.3. The van der Waals surface area contributed by atoms with Crippen molar-refractivity contribution < 1.29 is 13.2 Å². The number of halogens is 1. The van der Waals surface area contributed by atoms with Crippen LogP contribution in [0.15, 0.2) is 23.4 Å². The Morgan fingerprint density at radius 2 is 2.19 bits per heavy atom. The minimum atomic E-state index is -3.81. The molecule has 2 heterocycles. The smallest absolute Gasteiger partial charge is 0.242 e. The highest BCUT2D eigenvalue weighted by Crippen LogP contribution is 2.32. The van der Waals surface area contributed by atoms with Crippen LogP contribution in [0, 0.1) is 0 Å². The number of H-pyrrole nitrogens is 1. The van der Waals surface area contributed by atoms with Crippen LogP contribution in [0.25, 0.3) is 0 Å². The lowest BCUT2D eigenvalue weighted by Crippen LogP contribution is -2.24. The first-order valence-corrected chi connectivity index (χ1v) is 7.78. The number of benzene rings is 1. The molecule has 0 saturated carbocycles. The van der Waals surface area contributed by atoms with E-state index in [-0.39, 0.29) is 28.8 Å². The predicted molar refractivity (Wildman–Crippen MR) is 74.2 cm³/mol. The Morgan fingerprint density at radius 3 is 2.90 bits per heavy atom. The Kier molecular flexibility index (Phi) is 3.40. The molecule has 1 aliphatic rings. The van der Waals surface area contributed by atoms with Gasteiger partial charge in [0.2, 0.25) is 15.9 Å². The molecule has 1 amide bonds. The van der Waals surface area contributed by atoms with E-state index in [0.29, 0.717) is 17.1 Å². The van der Waals surface area contributed by atoms with E-state index in [1.165, 1.54) is 18.5 Å². The maximum Gasteiger partial charge on any atom is 0.242 e. The van der Waals surface area contributed by atoms with Gasteiger partial charge in [-0.25, -0.2) is 18.1 Å². The van der Waals surface area contributed by atoms with Crippen molar-refractivity contribution >= 4 is 33.2 Å². The van der Waals surface area contributed by atoms with Crippen LogP contribution in [0.5, 0.6) is 0 Å². The monoisotopic (exact) mass is 327 g/mol. The van der Waals surface area contributed by atoms with Crippen molar-refractivity contribution in [2.24, 2.45) is 0 Å². The summed E-state index contributed by atoms with van der Waals surface area (Å²) in [6.45, 7) is -0.0348. The summed E-state index contributed by atoms with van der Waals surface area (Å²) >= 11 is 5.99. The first-order valence-electron chi connectivity index (χ1n) is 5.92. The number of carbonyl (C=O) groups excluding carboxylic acids is 1. The Hall–Kier alpha value is -1.97. The fourth-order valence-corrected chi connectivity index (χ4v) is 3.55. The third-order valence-electron chi connectivity index (χ3n) is 2.97. The Morgan fingerprint density at radius 1 is 1.38 bits per heavy atom. The van der Waals surface area contributed by atoms with Gasteiger partial charge in [0.05, 0.1) is 18.0 Å². The van der Waals surface area contributed by atoms with Crippen LogP contribution in [0.3, 0.4) is 0 Å². The van der Waals surface area contributed by atoms with Gasteiger partial charge in [0.15, 0.2) is 0 Å². The van der Waals surface area contributed by atoms with Gasteiger partial charge in [0, 0.05) is 5.69 Å². The third kappa shape index (κ3) is 2.75. The van der Waals surface area contributed by atoms with Crippen LogP contribution in [-0.4, -0.2) is 29.5 Å². The molecule has 0 unspecified atom stereocenters. The van der Waals surface area contributed by atoms with E-state index in [2.05, 4.69) is 25.2 Å². The van der Waals surface area contributed by atoms with Gasteiger partial charge >= 0.3 is 0 Å². The normalized spacial score (nSPS) is 14.0. The molecule has 0 fully saturated rings. The number of carbonyl (C=O) groups is 1. The zero-order chi connectivity index (χ0) is 15.0. The van der Waals surface area contributed by atoms with Crippen LogP contribution in [-0.2, 0) is 27.8 Å². The molecule has 1 aliphatic heterocycles. The molecule has 8 nitrogen and oxygen atoms in total. The lowest BCUT2D eigenvalue weighted by molar-refractivity contribution is -0.115. The van der Waals surface area contributed by atoms with Crippen molar-refractivity contribution in [3.63, 3.8) is 0 Å². The van der Waals surface area contributed by atoms with Gasteiger partial charge in [0.1, 0.15) is 17.0 Å². The number of nitrogens with zero attached hydrogens (tertiary/aromatic N) is 2. The Labute approximate surface area is 125 Å². The van der Waals surface area contributed by atoms with Crippen molar-refractivity contribution in [1.29, 1.82) is 0 Å². The lowest BCUT2D eigenvalue weighted by Gasteiger charge is -2.09. The van der Waals surface area contributed by atoms with Gasteiger partial charge in [0.25, 0.3) is 0 Å². The van der Waals surface area contributed by atoms with E-state index in [9.17, 15) is 13.2 Å². The molecule has 3 N–H and O–H groups in total. The molecule has 0 spiro atoms. The zero-order valence-electron chi connectivity index (χ0n) is 10.6. The summed E-state index contributed by atoms with van der Waals surface area (Å²) in [5.41, 5.74) is 1.14. The van der Waals surface area contributed by atoms with Crippen molar-refractivity contribution in [2.75, 3.05) is 5.32 Å². The Bertz CT molecular complexity index is 804. The number of hydrogen-bond donors (Lipinski definition) is 3. The van der Waals surface area contributed by atoms with Crippen LogP contribution in [0.1, 0.15) is 11.4 Å². The molecule has 1 aromatic carbocycles. The molecular weight excluding hydrogens is 318 g/mol. The minimum Gasteiger partial charge on any atom is -0.325 e. The second-order valence-electron chi connectivity index (χ2n) is 4.42. The molecule has 1 aromatic heterocycles. The average molecular weight is 328 g/mol. The molecule has 10 heteroatoms. The predicted octanol–water partition coefficient (Wildman–Crippen LogP) is 0.431. The number of amides is 1. The van der Waals surface area contributed by atoms with E-state index >= 15 is 0 Å². The second kappa shape index (κ2) is 5.10. The standard InChI is InChI=1S/C11H10ClN5O3S/c12-7-3-8-6(2-11(18)16-8)1-9(7)21(19,20)15-4-10-13-5-14-17-10/h1,3,5,15H,2,4H2,(H,16,18)(H,13,14,17). The van der Waals surface area contributed by atoms with Crippen molar-refractivity contribution in [2.45, 2.75) is 17.9 Å². The molecular formula is C11H10ClN5O3S. The summed E-state index contributed by atoms with van der Waals surface area (Å²) in [5, 5.41) is 8.83. The summed E-state index contributed by atoms with van der Waals surface area (Å²) in [5.74, 6) is 0.193. The molecule has 3 rings (SSSR count). The number of nitrogens with one attached hydrogen (secondary N) is 3. The summed E-state index contributed by atoms with van der Waals surface area (Å²) in [7, 11) is -3.81. The molecule has 0 saturated heterocycles. The SMILES string of the molecule is O=C1Cc2cc(S(=O)(=O)NCc3ncn[nH]3)c(Cl)cc2N1.